The monoisotopic (exact) mass is 297 g/mol. The Morgan fingerprint density at radius 1 is 1.10 bits per heavy atom. The van der Waals surface area contributed by atoms with Crippen LogP contribution in [0.1, 0.15) is 47.0 Å². The Morgan fingerprint density at radius 2 is 1.71 bits per heavy atom. The third-order valence-corrected chi connectivity index (χ3v) is 3.15. The fraction of sp³-hybridized carbons (Fsp3) is 0.786. The van der Waals surface area contributed by atoms with Crippen LogP contribution in [0.2, 0.25) is 0 Å². The number of carbonyl (C=O) groups excluding carboxylic acids is 2. The van der Waals surface area contributed by atoms with Gasteiger partial charge < -0.3 is 15.7 Å². The minimum atomic E-state index is -1.24. The highest BCUT2D eigenvalue weighted by Crippen LogP contribution is 2.10. The number of unbranched alkanes of at least 4 members (excludes halogenated alkanes) is 1. The summed E-state index contributed by atoms with van der Waals surface area (Å²) in [4.78, 5) is 33.2. The molecule has 0 unspecified atom stereocenters. The summed E-state index contributed by atoms with van der Waals surface area (Å²) >= 11 is 0. The first-order chi connectivity index (χ1) is 9.73. The molecule has 0 aliphatic heterocycles. The maximum atomic E-state index is 11.4. The molecule has 0 aromatic carbocycles. The molecule has 21 heavy (non-hydrogen) atoms. The number of amides is 2. The van der Waals surface area contributed by atoms with Crippen LogP contribution in [-0.2, 0) is 4.79 Å². The third kappa shape index (κ3) is 9.93. The lowest BCUT2D eigenvalue weighted by molar-refractivity contribution is -0.123. The van der Waals surface area contributed by atoms with Gasteiger partial charge in [0.1, 0.15) is 0 Å². The molecule has 1 atom stereocenters. The van der Waals surface area contributed by atoms with Gasteiger partial charge in [-0.05, 0) is 25.2 Å². The van der Waals surface area contributed by atoms with Gasteiger partial charge in [0.25, 0.3) is 5.87 Å². The van der Waals surface area contributed by atoms with Crippen molar-refractivity contribution in [2.24, 2.45) is 11.8 Å². The average molecular weight is 297 g/mol. The van der Waals surface area contributed by atoms with E-state index in [1.807, 2.05) is 27.7 Å². The predicted molar refractivity (Wildman–Crippen MR) is 82.6 cm³/mol. The van der Waals surface area contributed by atoms with Gasteiger partial charge in [-0.1, -0.05) is 27.7 Å². The molecule has 0 bridgehead atoms. The molecule has 0 fully saturated rings. The summed E-state index contributed by atoms with van der Waals surface area (Å²) in [6, 6.07) is -0.0612. The van der Waals surface area contributed by atoms with E-state index in [4.69, 9.17) is 5.11 Å². The minimum Gasteiger partial charge on any atom is -0.489 e. The van der Waals surface area contributed by atoms with Gasteiger partial charge in [-0.15, -0.1) is 0 Å². The van der Waals surface area contributed by atoms with Gasteiger partial charge in [0, 0.05) is 18.5 Å². The van der Waals surface area contributed by atoms with E-state index in [9.17, 15) is 14.4 Å². The molecule has 7 heteroatoms. The number of hydrogen-bond acceptors (Lipinski definition) is 3. The van der Waals surface area contributed by atoms with Crippen molar-refractivity contribution >= 4 is 24.9 Å². The summed E-state index contributed by atoms with van der Waals surface area (Å²) in [6.45, 7) is 8.27. The Kier molecular flexibility index (Phi) is 9.49. The molecule has 2 amide bonds. The van der Waals surface area contributed by atoms with Gasteiger partial charge in [-0.3, -0.25) is 14.4 Å². The normalized spacial score (nSPS) is 12.1. The molecular formula is C14H26BN2O4. The van der Waals surface area contributed by atoms with E-state index >= 15 is 0 Å². The molecule has 0 aromatic heterocycles. The molecule has 0 aliphatic rings. The van der Waals surface area contributed by atoms with Crippen molar-refractivity contribution < 1.29 is 19.5 Å². The number of carbonyl (C=O) groups is 3. The van der Waals surface area contributed by atoms with Gasteiger partial charge in [0.05, 0.1) is 0 Å². The Labute approximate surface area is 127 Å². The number of rotatable bonds is 10. The number of carboxylic acid groups (broad SMARTS) is 1. The van der Waals surface area contributed by atoms with Crippen LogP contribution < -0.4 is 10.6 Å². The molecule has 6 nitrogen and oxygen atoms in total. The summed E-state index contributed by atoms with van der Waals surface area (Å²) in [5, 5.41) is 14.1. The van der Waals surface area contributed by atoms with Gasteiger partial charge in [0.2, 0.25) is 5.91 Å². The van der Waals surface area contributed by atoms with E-state index in [2.05, 4.69) is 10.6 Å². The first kappa shape index (κ1) is 19.5. The molecule has 0 rings (SSSR count). The molecule has 0 aromatic rings. The second-order valence-corrected chi connectivity index (χ2v) is 5.78. The summed E-state index contributed by atoms with van der Waals surface area (Å²) in [5.41, 5.74) is 0. The molecule has 0 heterocycles. The van der Waals surface area contributed by atoms with Gasteiger partial charge >= 0.3 is 7.28 Å². The highest BCUT2D eigenvalue weighted by molar-refractivity contribution is 6.95. The van der Waals surface area contributed by atoms with E-state index in [1.165, 1.54) is 0 Å². The second kappa shape index (κ2) is 10.2. The van der Waals surface area contributed by atoms with Crippen molar-refractivity contribution in [3.8, 4) is 0 Å². The maximum Gasteiger partial charge on any atom is 0.377 e. The summed E-state index contributed by atoms with van der Waals surface area (Å²) in [7, 11) is 0.637. The quantitative estimate of drug-likeness (QED) is 0.425. The second-order valence-electron chi connectivity index (χ2n) is 5.78. The molecule has 0 saturated heterocycles. The Balaban J connectivity index is 3.98. The van der Waals surface area contributed by atoms with E-state index < -0.39 is 11.7 Å². The van der Waals surface area contributed by atoms with Crippen LogP contribution >= 0.6 is 0 Å². The largest absolute Gasteiger partial charge is 0.489 e. The maximum absolute atomic E-state index is 11.4. The fourth-order valence-corrected chi connectivity index (χ4v) is 1.81. The topological polar surface area (TPSA) is 95.5 Å². The lowest BCUT2D eigenvalue weighted by Crippen LogP contribution is -2.42. The number of hydrogen-bond donors (Lipinski definition) is 3. The molecule has 0 saturated carbocycles. The van der Waals surface area contributed by atoms with E-state index in [1.54, 1.807) is 0 Å². The Hall–Kier alpha value is -1.53. The van der Waals surface area contributed by atoms with Crippen LogP contribution in [0.25, 0.3) is 0 Å². The van der Waals surface area contributed by atoms with Crippen LogP contribution in [0.4, 0.5) is 9.59 Å². The van der Waals surface area contributed by atoms with Crippen LogP contribution in [0.3, 0.4) is 0 Å². The zero-order valence-corrected chi connectivity index (χ0v) is 13.3. The first-order valence-electron chi connectivity index (χ1n) is 7.40. The SMILES string of the molecule is CC(C)C(=O)NCCCC[C@H](NC(=O)[B]C(=O)O)C(C)C. The lowest BCUT2D eigenvalue weighted by Gasteiger charge is -2.22. The highest BCUT2D eigenvalue weighted by atomic mass is 16.4. The van der Waals surface area contributed by atoms with Crippen molar-refractivity contribution in [2.45, 2.75) is 53.0 Å². The fourth-order valence-electron chi connectivity index (χ4n) is 1.81. The lowest BCUT2D eigenvalue weighted by atomic mass is 9.77. The Bertz CT molecular complexity index is 359. The predicted octanol–water partition coefficient (Wildman–Crippen LogP) is 2.05. The van der Waals surface area contributed by atoms with E-state index in [0.29, 0.717) is 13.8 Å². The smallest absolute Gasteiger partial charge is 0.377 e. The summed E-state index contributed by atoms with van der Waals surface area (Å²) in [5.74, 6) is -1.57. The summed E-state index contributed by atoms with van der Waals surface area (Å²) in [6.07, 6.45) is 2.45. The van der Waals surface area contributed by atoms with Gasteiger partial charge in [-0.25, -0.2) is 0 Å². The number of nitrogens with one attached hydrogen (secondary N) is 2. The van der Waals surface area contributed by atoms with Crippen LogP contribution in [0.5, 0.6) is 0 Å². The van der Waals surface area contributed by atoms with Gasteiger partial charge in [-0.2, -0.15) is 0 Å². The molecule has 0 aliphatic carbocycles. The molecular weight excluding hydrogens is 271 g/mol. The van der Waals surface area contributed by atoms with Crippen molar-refractivity contribution in [2.75, 3.05) is 6.54 Å². The highest BCUT2D eigenvalue weighted by Gasteiger charge is 2.19. The van der Waals surface area contributed by atoms with Crippen molar-refractivity contribution in [1.82, 2.24) is 10.6 Å². The van der Waals surface area contributed by atoms with Crippen molar-refractivity contribution in [3.05, 3.63) is 0 Å². The molecule has 0 spiro atoms. The standard InChI is InChI=1S/C14H26BN2O4/c1-9(2)11(17-13(19)15-14(20)21)7-5-6-8-16-12(18)10(3)4/h9-11H,5-8H2,1-4H3,(H,16,18)(H,17,19)(H,20,21)/t11-/m0/s1. The van der Waals surface area contributed by atoms with Gasteiger partial charge in [0.15, 0.2) is 5.81 Å². The zero-order chi connectivity index (χ0) is 16.4. The zero-order valence-electron chi connectivity index (χ0n) is 13.3. The molecule has 119 valence electrons. The minimum absolute atomic E-state index is 0.0146. The third-order valence-electron chi connectivity index (χ3n) is 3.15. The Morgan fingerprint density at radius 3 is 2.19 bits per heavy atom. The van der Waals surface area contributed by atoms with E-state index in [-0.39, 0.29) is 23.8 Å². The van der Waals surface area contributed by atoms with Crippen LogP contribution in [0.15, 0.2) is 0 Å². The average Bonchev–Trinajstić information content (AvgIpc) is 2.35. The van der Waals surface area contributed by atoms with Crippen LogP contribution in [0, 0.1) is 11.8 Å². The van der Waals surface area contributed by atoms with E-state index in [0.717, 1.165) is 19.3 Å². The van der Waals surface area contributed by atoms with Crippen molar-refractivity contribution in [1.29, 1.82) is 0 Å². The summed E-state index contributed by atoms with van der Waals surface area (Å²) < 4.78 is 0. The molecule has 3 N–H and O–H groups in total. The van der Waals surface area contributed by atoms with Crippen molar-refractivity contribution in [3.63, 3.8) is 0 Å². The molecule has 1 radical (unpaired) electrons. The first-order valence-corrected chi connectivity index (χ1v) is 7.40. The van der Waals surface area contributed by atoms with Crippen LogP contribution in [-0.4, -0.2) is 42.6 Å².